The Balaban J connectivity index is 2.43. The standard InChI is InChI=1S/C15H9ClF4N4O4S/c1-24-12(15(18,19)20)11(13(25)22-14(24)26)6-4-9(7(16)5-8(6)17)29(27,28)10-2-3-21-23-10/h2-5H,1H3,(H,21,23)(H,22,25,26). The SMILES string of the molecule is Cn1c(C(F)(F)F)c(-c2cc(S(=O)(=O)c3ccn[nH]3)c(Cl)cc2F)c(=O)[nH]c1=O. The Morgan fingerprint density at radius 3 is 2.41 bits per heavy atom. The molecule has 0 spiro atoms. The number of nitrogens with one attached hydrogen (secondary N) is 2. The lowest BCUT2D eigenvalue weighted by Crippen LogP contribution is -2.35. The molecule has 0 amide bonds. The highest BCUT2D eigenvalue weighted by Crippen LogP contribution is 2.38. The maximum Gasteiger partial charge on any atom is 0.432 e. The zero-order chi connectivity index (χ0) is 21.7. The Kier molecular flexibility index (Phi) is 4.91. The topological polar surface area (TPSA) is 118 Å². The third kappa shape index (κ3) is 3.46. The number of aromatic nitrogens is 4. The predicted molar refractivity (Wildman–Crippen MR) is 91.7 cm³/mol. The van der Waals surface area contributed by atoms with Crippen LogP contribution in [0.1, 0.15) is 5.69 Å². The number of H-pyrrole nitrogens is 2. The van der Waals surface area contributed by atoms with Crippen LogP contribution in [-0.4, -0.2) is 28.2 Å². The van der Waals surface area contributed by atoms with E-state index < -0.39 is 64.8 Å². The van der Waals surface area contributed by atoms with E-state index in [9.17, 15) is 35.6 Å². The Hall–Kier alpha value is -2.93. The van der Waals surface area contributed by atoms with Crippen molar-refractivity contribution in [2.45, 2.75) is 16.1 Å². The number of sulfone groups is 1. The van der Waals surface area contributed by atoms with Gasteiger partial charge in [-0.05, 0) is 18.2 Å². The number of halogens is 5. The van der Waals surface area contributed by atoms with Crippen molar-refractivity contribution < 1.29 is 26.0 Å². The fraction of sp³-hybridized carbons (Fsp3) is 0.133. The molecule has 3 rings (SSSR count). The molecule has 0 aliphatic rings. The number of nitrogens with zero attached hydrogens (tertiary/aromatic N) is 2. The summed E-state index contributed by atoms with van der Waals surface area (Å²) >= 11 is 5.80. The molecule has 0 aliphatic carbocycles. The molecule has 3 aromatic rings. The van der Waals surface area contributed by atoms with Crippen LogP contribution in [-0.2, 0) is 23.1 Å². The Labute approximate surface area is 163 Å². The molecule has 0 radical (unpaired) electrons. The molecule has 2 aromatic heterocycles. The van der Waals surface area contributed by atoms with Crippen LogP contribution >= 0.6 is 11.6 Å². The molecular weight excluding hydrogens is 444 g/mol. The fourth-order valence-corrected chi connectivity index (χ4v) is 4.33. The van der Waals surface area contributed by atoms with E-state index in [1.165, 1.54) is 0 Å². The molecule has 14 heteroatoms. The molecule has 2 heterocycles. The second-order valence-corrected chi connectivity index (χ2v) is 8.02. The van der Waals surface area contributed by atoms with Crippen molar-refractivity contribution in [1.29, 1.82) is 0 Å². The van der Waals surface area contributed by atoms with Gasteiger partial charge in [0.25, 0.3) is 5.56 Å². The lowest BCUT2D eigenvalue weighted by atomic mass is 10.0. The van der Waals surface area contributed by atoms with Gasteiger partial charge < -0.3 is 0 Å². The number of aromatic amines is 2. The van der Waals surface area contributed by atoms with Gasteiger partial charge in [-0.15, -0.1) is 0 Å². The molecule has 154 valence electrons. The lowest BCUT2D eigenvalue weighted by molar-refractivity contribution is -0.143. The van der Waals surface area contributed by atoms with Gasteiger partial charge >= 0.3 is 11.9 Å². The van der Waals surface area contributed by atoms with Gasteiger partial charge in [0, 0.05) is 12.6 Å². The summed E-state index contributed by atoms with van der Waals surface area (Å²) in [6.07, 6.45) is -4.13. The molecule has 0 atom stereocenters. The predicted octanol–water partition coefficient (Wildman–Crippen LogP) is 2.11. The molecule has 0 fully saturated rings. The second kappa shape index (κ2) is 6.84. The first kappa shape index (κ1) is 20.8. The van der Waals surface area contributed by atoms with E-state index in [-0.39, 0.29) is 4.57 Å². The van der Waals surface area contributed by atoms with Crippen molar-refractivity contribution >= 4 is 21.4 Å². The summed E-state index contributed by atoms with van der Waals surface area (Å²) in [5.41, 5.74) is -6.96. The van der Waals surface area contributed by atoms with Crippen molar-refractivity contribution in [3.63, 3.8) is 0 Å². The normalized spacial score (nSPS) is 12.3. The average molecular weight is 453 g/mol. The maximum atomic E-state index is 14.5. The summed E-state index contributed by atoms with van der Waals surface area (Å²) in [4.78, 5) is 24.6. The van der Waals surface area contributed by atoms with Gasteiger partial charge in [-0.25, -0.2) is 17.6 Å². The third-order valence-electron chi connectivity index (χ3n) is 3.94. The van der Waals surface area contributed by atoms with E-state index in [1.54, 1.807) is 4.98 Å². The van der Waals surface area contributed by atoms with Crippen LogP contribution in [0.4, 0.5) is 17.6 Å². The van der Waals surface area contributed by atoms with Crippen molar-refractivity contribution in [3.05, 3.63) is 61.8 Å². The summed E-state index contributed by atoms with van der Waals surface area (Å²) in [5, 5.41) is 4.53. The summed E-state index contributed by atoms with van der Waals surface area (Å²) in [7, 11) is -3.71. The van der Waals surface area contributed by atoms with E-state index in [0.717, 1.165) is 19.3 Å². The fourth-order valence-electron chi connectivity index (χ4n) is 2.64. The number of hydrogen-bond acceptors (Lipinski definition) is 5. The summed E-state index contributed by atoms with van der Waals surface area (Å²) in [6, 6.07) is 2.01. The van der Waals surface area contributed by atoms with E-state index in [4.69, 9.17) is 11.6 Å². The number of alkyl halides is 3. The largest absolute Gasteiger partial charge is 0.432 e. The highest BCUT2D eigenvalue weighted by Gasteiger charge is 2.39. The van der Waals surface area contributed by atoms with Gasteiger partial charge in [0.15, 0.2) is 5.03 Å². The van der Waals surface area contributed by atoms with Crippen molar-refractivity contribution in [3.8, 4) is 11.1 Å². The Bertz CT molecular complexity index is 1330. The van der Waals surface area contributed by atoms with Crippen LogP contribution < -0.4 is 11.2 Å². The molecule has 2 N–H and O–H groups in total. The van der Waals surface area contributed by atoms with Crippen LogP contribution in [0.25, 0.3) is 11.1 Å². The minimum absolute atomic E-state index is 0.0772. The van der Waals surface area contributed by atoms with Crippen LogP contribution in [0.15, 0.2) is 43.9 Å². The monoisotopic (exact) mass is 452 g/mol. The molecule has 0 aliphatic heterocycles. The maximum absolute atomic E-state index is 14.5. The third-order valence-corrected chi connectivity index (χ3v) is 6.09. The van der Waals surface area contributed by atoms with Gasteiger partial charge in [-0.1, -0.05) is 11.6 Å². The molecular formula is C15H9ClF4N4O4S. The van der Waals surface area contributed by atoms with Crippen molar-refractivity contribution in [2.24, 2.45) is 7.05 Å². The summed E-state index contributed by atoms with van der Waals surface area (Å²) in [5.74, 6) is -1.40. The van der Waals surface area contributed by atoms with Gasteiger partial charge in [-0.2, -0.15) is 18.3 Å². The van der Waals surface area contributed by atoms with Gasteiger partial charge in [-0.3, -0.25) is 19.4 Å². The number of benzene rings is 1. The second-order valence-electron chi connectivity index (χ2n) is 5.73. The quantitative estimate of drug-likeness (QED) is 0.466. The first-order chi connectivity index (χ1) is 13.4. The molecule has 0 saturated heterocycles. The summed E-state index contributed by atoms with van der Waals surface area (Å²) < 4.78 is 80.5. The van der Waals surface area contributed by atoms with Crippen LogP contribution in [0.5, 0.6) is 0 Å². The van der Waals surface area contributed by atoms with Crippen molar-refractivity contribution in [2.75, 3.05) is 0 Å². The Morgan fingerprint density at radius 1 is 1.21 bits per heavy atom. The molecule has 29 heavy (non-hydrogen) atoms. The summed E-state index contributed by atoms with van der Waals surface area (Å²) in [6.45, 7) is 0. The van der Waals surface area contributed by atoms with Crippen LogP contribution in [0, 0.1) is 5.82 Å². The van der Waals surface area contributed by atoms with Crippen molar-refractivity contribution in [1.82, 2.24) is 19.7 Å². The van der Waals surface area contributed by atoms with Crippen LogP contribution in [0.3, 0.4) is 0 Å². The molecule has 8 nitrogen and oxygen atoms in total. The minimum atomic E-state index is -5.23. The number of hydrogen-bond donors (Lipinski definition) is 2. The number of rotatable bonds is 3. The average Bonchev–Trinajstić information content (AvgIpc) is 3.12. The highest BCUT2D eigenvalue weighted by molar-refractivity contribution is 7.91. The molecule has 0 saturated carbocycles. The minimum Gasteiger partial charge on any atom is -0.292 e. The van der Waals surface area contributed by atoms with Gasteiger partial charge in [0.2, 0.25) is 9.84 Å². The van der Waals surface area contributed by atoms with Crippen LogP contribution in [0.2, 0.25) is 5.02 Å². The molecule has 0 bridgehead atoms. The zero-order valence-electron chi connectivity index (χ0n) is 14.1. The first-order valence-electron chi connectivity index (χ1n) is 7.50. The molecule has 0 unspecified atom stereocenters. The Morgan fingerprint density at radius 2 is 1.86 bits per heavy atom. The smallest absolute Gasteiger partial charge is 0.292 e. The highest BCUT2D eigenvalue weighted by atomic mass is 35.5. The lowest BCUT2D eigenvalue weighted by Gasteiger charge is -2.17. The van der Waals surface area contributed by atoms with E-state index in [0.29, 0.717) is 12.1 Å². The van der Waals surface area contributed by atoms with E-state index in [1.807, 2.05) is 0 Å². The van der Waals surface area contributed by atoms with Gasteiger partial charge in [0.1, 0.15) is 11.5 Å². The van der Waals surface area contributed by atoms with Gasteiger partial charge in [0.05, 0.1) is 21.7 Å². The zero-order valence-corrected chi connectivity index (χ0v) is 15.7. The van der Waals surface area contributed by atoms with E-state index >= 15 is 0 Å². The molecule has 1 aromatic carbocycles. The first-order valence-corrected chi connectivity index (χ1v) is 9.36. The van der Waals surface area contributed by atoms with E-state index in [2.05, 4.69) is 10.2 Å².